The SMILES string of the molecule is CCn1c(SCC(=O)Nc2sc3c(c2C#N)CCCCCC3)nnc1-c1cc(Cl)ccc1OC. The van der Waals surface area contributed by atoms with Crippen LogP contribution in [0.25, 0.3) is 11.4 Å². The van der Waals surface area contributed by atoms with E-state index in [0.717, 1.165) is 36.8 Å². The van der Waals surface area contributed by atoms with Gasteiger partial charge in [-0.05, 0) is 56.4 Å². The molecule has 1 aromatic carbocycles. The number of aromatic nitrogens is 3. The van der Waals surface area contributed by atoms with Crippen molar-refractivity contribution in [1.82, 2.24) is 14.8 Å². The summed E-state index contributed by atoms with van der Waals surface area (Å²) in [5.41, 5.74) is 2.50. The highest BCUT2D eigenvalue weighted by Crippen LogP contribution is 2.37. The Morgan fingerprint density at radius 2 is 2.09 bits per heavy atom. The van der Waals surface area contributed by atoms with Crippen molar-refractivity contribution in [2.24, 2.45) is 0 Å². The van der Waals surface area contributed by atoms with Gasteiger partial charge in [0.1, 0.15) is 16.8 Å². The molecule has 3 aromatic rings. The Kier molecular flexibility index (Phi) is 8.14. The first-order valence-electron chi connectivity index (χ1n) is 11.3. The maximum absolute atomic E-state index is 12.8. The predicted molar refractivity (Wildman–Crippen MR) is 137 cm³/mol. The van der Waals surface area contributed by atoms with Crippen molar-refractivity contribution in [2.45, 2.75) is 57.1 Å². The predicted octanol–water partition coefficient (Wildman–Crippen LogP) is 5.95. The van der Waals surface area contributed by atoms with Crippen LogP contribution in [0.4, 0.5) is 5.00 Å². The van der Waals surface area contributed by atoms with Crippen LogP contribution in [0.15, 0.2) is 23.4 Å². The maximum atomic E-state index is 12.8. The smallest absolute Gasteiger partial charge is 0.235 e. The highest BCUT2D eigenvalue weighted by atomic mass is 35.5. The Bertz CT molecular complexity index is 1230. The van der Waals surface area contributed by atoms with Crippen LogP contribution < -0.4 is 10.1 Å². The Morgan fingerprint density at radius 3 is 2.82 bits per heavy atom. The molecule has 0 aliphatic heterocycles. The molecule has 0 saturated carbocycles. The summed E-state index contributed by atoms with van der Waals surface area (Å²) in [7, 11) is 1.60. The lowest BCUT2D eigenvalue weighted by Crippen LogP contribution is -2.14. The summed E-state index contributed by atoms with van der Waals surface area (Å²) in [4.78, 5) is 14.0. The van der Waals surface area contributed by atoms with E-state index in [1.54, 1.807) is 36.6 Å². The van der Waals surface area contributed by atoms with E-state index < -0.39 is 0 Å². The van der Waals surface area contributed by atoms with Gasteiger partial charge >= 0.3 is 0 Å². The van der Waals surface area contributed by atoms with Crippen molar-refractivity contribution in [2.75, 3.05) is 18.2 Å². The molecule has 1 amide bonds. The summed E-state index contributed by atoms with van der Waals surface area (Å²) in [6.45, 7) is 2.62. The molecular formula is C24H26ClN5O2S2. The number of thioether (sulfide) groups is 1. The average molecular weight is 516 g/mol. The second-order valence-electron chi connectivity index (χ2n) is 7.97. The maximum Gasteiger partial charge on any atom is 0.235 e. The van der Waals surface area contributed by atoms with Gasteiger partial charge in [0.25, 0.3) is 0 Å². The van der Waals surface area contributed by atoms with Gasteiger partial charge in [-0.25, -0.2) is 0 Å². The van der Waals surface area contributed by atoms with Crippen molar-refractivity contribution in [1.29, 1.82) is 5.26 Å². The fraction of sp³-hybridized carbons (Fsp3) is 0.417. The lowest BCUT2D eigenvalue weighted by molar-refractivity contribution is -0.113. The van der Waals surface area contributed by atoms with E-state index in [1.807, 2.05) is 11.5 Å². The normalized spacial score (nSPS) is 13.5. The monoisotopic (exact) mass is 515 g/mol. The largest absolute Gasteiger partial charge is 0.496 e. The minimum Gasteiger partial charge on any atom is -0.496 e. The summed E-state index contributed by atoms with van der Waals surface area (Å²) in [5, 5.41) is 23.2. The van der Waals surface area contributed by atoms with E-state index in [9.17, 15) is 10.1 Å². The number of nitrogens with one attached hydrogen (secondary N) is 1. The average Bonchev–Trinajstić information content (AvgIpc) is 3.37. The highest BCUT2D eigenvalue weighted by Gasteiger charge is 2.22. The third-order valence-electron chi connectivity index (χ3n) is 5.80. The molecule has 1 aliphatic rings. The zero-order chi connectivity index (χ0) is 24.1. The quantitative estimate of drug-likeness (QED) is 0.391. The van der Waals surface area contributed by atoms with Crippen LogP contribution in [-0.2, 0) is 24.2 Å². The number of aryl methyl sites for hydroxylation is 1. The molecule has 10 heteroatoms. The zero-order valence-electron chi connectivity index (χ0n) is 19.2. The van der Waals surface area contributed by atoms with E-state index in [4.69, 9.17) is 16.3 Å². The minimum absolute atomic E-state index is 0.164. The van der Waals surface area contributed by atoms with Crippen LogP contribution in [0.3, 0.4) is 0 Å². The molecular weight excluding hydrogens is 490 g/mol. The number of halogens is 1. The number of thiophene rings is 1. The topological polar surface area (TPSA) is 92.8 Å². The Hall–Kier alpha value is -2.54. The summed E-state index contributed by atoms with van der Waals surface area (Å²) >= 11 is 9.06. The molecule has 0 unspecified atom stereocenters. The molecule has 1 aliphatic carbocycles. The summed E-state index contributed by atoms with van der Waals surface area (Å²) in [5.74, 6) is 1.29. The number of methoxy groups -OCH3 is 1. The molecule has 4 rings (SSSR count). The molecule has 0 radical (unpaired) electrons. The summed E-state index contributed by atoms with van der Waals surface area (Å²) < 4.78 is 7.40. The van der Waals surface area contributed by atoms with Crippen molar-refractivity contribution < 1.29 is 9.53 Å². The molecule has 34 heavy (non-hydrogen) atoms. The number of anilines is 1. The molecule has 0 spiro atoms. The number of nitriles is 1. The third kappa shape index (κ3) is 5.24. The van der Waals surface area contributed by atoms with E-state index in [-0.39, 0.29) is 11.7 Å². The summed E-state index contributed by atoms with van der Waals surface area (Å²) in [6.07, 6.45) is 6.53. The number of amides is 1. The Balaban J connectivity index is 1.49. The third-order valence-corrected chi connectivity index (χ3v) is 8.21. The number of nitrogens with zero attached hydrogens (tertiary/aromatic N) is 4. The minimum atomic E-state index is -0.164. The van der Waals surface area contributed by atoms with Gasteiger partial charge < -0.3 is 14.6 Å². The van der Waals surface area contributed by atoms with Gasteiger partial charge in [0, 0.05) is 16.4 Å². The van der Waals surface area contributed by atoms with Gasteiger partial charge in [-0.1, -0.05) is 36.2 Å². The van der Waals surface area contributed by atoms with Gasteiger partial charge in [0.2, 0.25) is 5.91 Å². The summed E-state index contributed by atoms with van der Waals surface area (Å²) in [6, 6.07) is 7.68. The fourth-order valence-electron chi connectivity index (χ4n) is 4.15. The first-order chi connectivity index (χ1) is 16.5. The molecule has 0 fully saturated rings. The van der Waals surface area contributed by atoms with Crippen LogP contribution in [-0.4, -0.2) is 33.5 Å². The number of rotatable bonds is 7. The molecule has 2 heterocycles. The number of hydrogen-bond acceptors (Lipinski definition) is 7. The van der Waals surface area contributed by atoms with Crippen molar-refractivity contribution >= 4 is 45.6 Å². The highest BCUT2D eigenvalue weighted by molar-refractivity contribution is 7.99. The Labute approximate surface area is 212 Å². The second-order valence-corrected chi connectivity index (χ2v) is 10.4. The number of ether oxygens (including phenoxy) is 1. The molecule has 0 bridgehead atoms. The van der Waals surface area contributed by atoms with Gasteiger partial charge in [-0.2, -0.15) is 5.26 Å². The molecule has 7 nitrogen and oxygen atoms in total. The van der Waals surface area contributed by atoms with Crippen LogP contribution in [0.5, 0.6) is 5.75 Å². The first-order valence-corrected chi connectivity index (χ1v) is 13.5. The number of benzene rings is 1. The molecule has 1 N–H and O–H groups in total. The first kappa shape index (κ1) is 24.6. The van der Waals surface area contributed by atoms with Crippen molar-refractivity contribution in [3.8, 4) is 23.2 Å². The van der Waals surface area contributed by atoms with E-state index in [0.29, 0.717) is 38.9 Å². The zero-order valence-corrected chi connectivity index (χ0v) is 21.6. The van der Waals surface area contributed by atoms with Gasteiger partial charge in [0.15, 0.2) is 11.0 Å². The second kappa shape index (κ2) is 11.3. The van der Waals surface area contributed by atoms with Crippen LogP contribution in [0.1, 0.15) is 48.6 Å². The van der Waals surface area contributed by atoms with Gasteiger partial charge in [-0.15, -0.1) is 21.5 Å². The van der Waals surface area contributed by atoms with Crippen LogP contribution in [0, 0.1) is 11.3 Å². The number of hydrogen-bond donors (Lipinski definition) is 1. The number of carbonyl (C=O) groups excluding carboxylic acids is 1. The lowest BCUT2D eigenvalue weighted by atomic mass is 9.97. The fourth-order valence-corrected chi connectivity index (χ4v) is 6.38. The Morgan fingerprint density at radius 1 is 1.29 bits per heavy atom. The van der Waals surface area contributed by atoms with E-state index in [2.05, 4.69) is 21.6 Å². The molecule has 0 saturated heterocycles. The van der Waals surface area contributed by atoms with Crippen LogP contribution in [0.2, 0.25) is 5.02 Å². The molecule has 0 atom stereocenters. The lowest BCUT2D eigenvalue weighted by Gasteiger charge is -2.11. The number of fused-ring (bicyclic) bond motifs is 1. The standard InChI is InChI=1S/C24H26ClN5O2S2/c1-3-30-22(17-12-15(25)10-11-19(17)32-2)28-29-24(30)33-14-21(31)27-23-18(13-26)16-8-6-4-5-7-9-20(16)34-23/h10-12H,3-9,14H2,1-2H3,(H,27,31). The van der Waals surface area contributed by atoms with Gasteiger partial charge in [-0.3, -0.25) is 4.79 Å². The molecule has 2 aromatic heterocycles. The van der Waals surface area contributed by atoms with Crippen molar-refractivity contribution in [3.63, 3.8) is 0 Å². The van der Waals surface area contributed by atoms with Crippen molar-refractivity contribution in [3.05, 3.63) is 39.2 Å². The van der Waals surface area contributed by atoms with Crippen LogP contribution >= 0.6 is 34.7 Å². The van der Waals surface area contributed by atoms with E-state index in [1.165, 1.54) is 29.5 Å². The van der Waals surface area contributed by atoms with Gasteiger partial charge in [0.05, 0.1) is 24.0 Å². The van der Waals surface area contributed by atoms with E-state index >= 15 is 0 Å². The number of carbonyl (C=O) groups is 1. The molecule has 178 valence electrons.